The van der Waals surface area contributed by atoms with E-state index in [0.717, 1.165) is 24.3 Å². The highest BCUT2D eigenvalue weighted by Gasteiger charge is 1.99. The van der Waals surface area contributed by atoms with Crippen molar-refractivity contribution in [1.29, 1.82) is 0 Å². The monoisotopic (exact) mass is 235 g/mol. The van der Waals surface area contributed by atoms with Gasteiger partial charge in [0.1, 0.15) is 0 Å². The Balaban J connectivity index is 2.21. The lowest BCUT2D eigenvalue weighted by Crippen LogP contribution is -2.04. The van der Waals surface area contributed by atoms with Crippen LogP contribution >= 0.6 is 11.8 Å². The Bertz CT molecular complexity index is 335. The molecule has 3 heteroatoms. The number of hydrogen-bond acceptors (Lipinski definition) is 2. The third-order valence-corrected chi connectivity index (χ3v) is 2.68. The van der Waals surface area contributed by atoms with Gasteiger partial charge in [0.15, 0.2) is 0 Å². The Labute approximate surface area is 101 Å². The van der Waals surface area contributed by atoms with Crippen LogP contribution in [0.5, 0.6) is 0 Å². The number of para-hydroxylation sites is 1. The molecular weight excluding hydrogens is 218 g/mol. The minimum Gasteiger partial charge on any atom is -0.317 e. The van der Waals surface area contributed by atoms with Gasteiger partial charge in [-0.2, -0.15) is 0 Å². The summed E-state index contributed by atoms with van der Waals surface area (Å²) >= 11 is 1.28. The molecule has 0 heterocycles. The standard InChI is InChI=1S/C13H17NOS/c1-2-3-4-8-11-16-13(15)14-12-9-6-5-7-10-12/h4-10H,2-3,11H2,1H3,(H,14,15)/b8-4+. The maximum absolute atomic E-state index is 11.5. The quantitative estimate of drug-likeness (QED) is 0.770. The maximum atomic E-state index is 11.5. The smallest absolute Gasteiger partial charge is 0.283 e. The van der Waals surface area contributed by atoms with Crippen LogP contribution in [0.2, 0.25) is 0 Å². The number of unbranched alkanes of at least 4 members (excludes halogenated alkanes) is 1. The Morgan fingerprint density at radius 1 is 1.31 bits per heavy atom. The van der Waals surface area contributed by atoms with Crippen LogP contribution in [0.1, 0.15) is 19.8 Å². The highest BCUT2D eigenvalue weighted by molar-refractivity contribution is 8.14. The van der Waals surface area contributed by atoms with Gasteiger partial charge in [-0.25, -0.2) is 0 Å². The topological polar surface area (TPSA) is 29.1 Å². The molecule has 1 aromatic carbocycles. The van der Waals surface area contributed by atoms with Crippen molar-refractivity contribution in [3.8, 4) is 0 Å². The predicted octanol–water partition coefficient (Wildman–Crippen LogP) is 4.31. The van der Waals surface area contributed by atoms with E-state index in [1.807, 2.05) is 36.4 Å². The van der Waals surface area contributed by atoms with Gasteiger partial charge in [-0.15, -0.1) is 0 Å². The third kappa shape index (κ3) is 5.61. The maximum Gasteiger partial charge on any atom is 0.283 e. The van der Waals surface area contributed by atoms with E-state index in [9.17, 15) is 4.79 Å². The number of rotatable bonds is 5. The highest BCUT2D eigenvalue weighted by Crippen LogP contribution is 2.10. The molecule has 1 N–H and O–H groups in total. The van der Waals surface area contributed by atoms with E-state index in [1.54, 1.807) is 0 Å². The van der Waals surface area contributed by atoms with Gasteiger partial charge >= 0.3 is 0 Å². The fourth-order valence-corrected chi connectivity index (χ4v) is 1.73. The lowest BCUT2D eigenvalue weighted by molar-refractivity contribution is 0.270. The second-order valence-electron chi connectivity index (χ2n) is 3.35. The van der Waals surface area contributed by atoms with Gasteiger partial charge in [0.25, 0.3) is 5.24 Å². The number of nitrogens with one attached hydrogen (secondary N) is 1. The minimum atomic E-state index is -0.00708. The molecule has 16 heavy (non-hydrogen) atoms. The first-order valence-corrected chi connectivity index (χ1v) is 6.45. The molecule has 0 aromatic heterocycles. The van der Waals surface area contributed by atoms with Gasteiger partial charge < -0.3 is 5.32 Å². The molecule has 0 fully saturated rings. The Kier molecular flexibility index (Phi) is 6.42. The van der Waals surface area contributed by atoms with Crippen molar-refractivity contribution >= 4 is 22.7 Å². The lowest BCUT2D eigenvalue weighted by Gasteiger charge is -2.02. The molecule has 0 spiro atoms. The number of carbonyl (C=O) groups excluding carboxylic acids is 1. The van der Waals surface area contributed by atoms with Gasteiger partial charge in [-0.1, -0.05) is 55.5 Å². The molecule has 0 saturated heterocycles. The number of thioether (sulfide) groups is 1. The second kappa shape index (κ2) is 7.99. The summed E-state index contributed by atoms with van der Waals surface area (Å²) in [5.74, 6) is 0.735. The molecule has 1 rings (SSSR count). The number of anilines is 1. The van der Waals surface area contributed by atoms with Gasteiger partial charge in [0.05, 0.1) is 0 Å². The van der Waals surface area contributed by atoms with Crippen molar-refractivity contribution in [3.63, 3.8) is 0 Å². The summed E-state index contributed by atoms with van der Waals surface area (Å²) in [7, 11) is 0. The zero-order chi connectivity index (χ0) is 11.6. The van der Waals surface area contributed by atoms with E-state index in [0.29, 0.717) is 0 Å². The van der Waals surface area contributed by atoms with Gasteiger partial charge in [0, 0.05) is 11.4 Å². The van der Waals surface area contributed by atoms with E-state index >= 15 is 0 Å². The summed E-state index contributed by atoms with van der Waals surface area (Å²) in [4.78, 5) is 11.5. The van der Waals surface area contributed by atoms with Crippen LogP contribution in [0.4, 0.5) is 10.5 Å². The molecule has 86 valence electrons. The molecule has 1 amide bonds. The molecule has 0 aliphatic heterocycles. The van der Waals surface area contributed by atoms with Crippen molar-refractivity contribution in [1.82, 2.24) is 0 Å². The first-order chi connectivity index (χ1) is 7.83. The van der Waals surface area contributed by atoms with Gasteiger partial charge in [-0.3, -0.25) is 4.79 Å². The zero-order valence-corrected chi connectivity index (χ0v) is 10.3. The molecule has 0 unspecified atom stereocenters. The average Bonchev–Trinajstić information content (AvgIpc) is 2.30. The summed E-state index contributed by atoms with van der Waals surface area (Å²) in [6, 6.07) is 9.50. The van der Waals surface area contributed by atoms with E-state index in [-0.39, 0.29) is 5.24 Å². The molecule has 0 bridgehead atoms. The first-order valence-electron chi connectivity index (χ1n) is 5.46. The van der Waals surface area contributed by atoms with Crippen LogP contribution < -0.4 is 5.32 Å². The number of hydrogen-bond donors (Lipinski definition) is 1. The fourth-order valence-electron chi connectivity index (χ4n) is 1.15. The Morgan fingerprint density at radius 3 is 2.75 bits per heavy atom. The molecule has 0 atom stereocenters. The van der Waals surface area contributed by atoms with Crippen molar-refractivity contribution < 1.29 is 4.79 Å². The third-order valence-electron chi connectivity index (χ3n) is 1.95. The molecule has 0 saturated carbocycles. The molecule has 0 aliphatic carbocycles. The SMILES string of the molecule is CCC/C=C/CSC(=O)Nc1ccccc1. The molecule has 0 radical (unpaired) electrons. The van der Waals surface area contributed by atoms with E-state index < -0.39 is 0 Å². The number of carbonyl (C=O) groups is 1. The highest BCUT2D eigenvalue weighted by atomic mass is 32.2. The Morgan fingerprint density at radius 2 is 2.06 bits per heavy atom. The summed E-state index contributed by atoms with van der Waals surface area (Å²) in [6.45, 7) is 2.14. The summed E-state index contributed by atoms with van der Waals surface area (Å²) in [6.07, 6.45) is 6.39. The molecule has 2 nitrogen and oxygen atoms in total. The summed E-state index contributed by atoms with van der Waals surface area (Å²) < 4.78 is 0. The van der Waals surface area contributed by atoms with Crippen molar-refractivity contribution in [2.24, 2.45) is 0 Å². The molecule has 1 aromatic rings. The van der Waals surface area contributed by atoms with Crippen LogP contribution in [0.25, 0.3) is 0 Å². The van der Waals surface area contributed by atoms with Crippen molar-refractivity contribution in [2.45, 2.75) is 19.8 Å². The van der Waals surface area contributed by atoms with E-state index in [1.165, 1.54) is 11.8 Å². The van der Waals surface area contributed by atoms with E-state index in [2.05, 4.69) is 18.3 Å². The fraction of sp³-hybridized carbons (Fsp3) is 0.308. The van der Waals surface area contributed by atoms with Crippen molar-refractivity contribution in [2.75, 3.05) is 11.1 Å². The molecular formula is C13H17NOS. The lowest BCUT2D eigenvalue weighted by atomic mass is 10.3. The number of allylic oxidation sites excluding steroid dienone is 1. The van der Waals surface area contributed by atoms with Gasteiger partial charge in [-0.05, 0) is 18.6 Å². The average molecular weight is 235 g/mol. The normalized spacial score (nSPS) is 10.6. The van der Waals surface area contributed by atoms with Crippen LogP contribution in [-0.2, 0) is 0 Å². The van der Waals surface area contributed by atoms with Crippen molar-refractivity contribution in [3.05, 3.63) is 42.5 Å². The van der Waals surface area contributed by atoms with Crippen LogP contribution in [-0.4, -0.2) is 11.0 Å². The number of benzene rings is 1. The first kappa shape index (κ1) is 12.8. The zero-order valence-electron chi connectivity index (χ0n) is 9.48. The van der Waals surface area contributed by atoms with Crippen LogP contribution in [0.15, 0.2) is 42.5 Å². The minimum absolute atomic E-state index is 0.00708. The van der Waals surface area contributed by atoms with Crippen LogP contribution in [0.3, 0.4) is 0 Å². The summed E-state index contributed by atoms with van der Waals surface area (Å²) in [5.41, 5.74) is 0.845. The largest absolute Gasteiger partial charge is 0.317 e. The second-order valence-corrected chi connectivity index (χ2v) is 4.34. The molecule has 0 aliphatic rings. The predicted molar refractivity (Wildman–Crippen MR) is 72.0 cm³/mol. The number of amides is 1. The van der Waals surface area contributed by atoms with Crippen LogP contribution in [0, 0.1) is 0 Å². The van der Waals surface area contributed by atoms with Gasteiger partial charge in [0.2, 0.25) is 0 Å². The Hall–Kier alpha value is -1.22. The summed E-state index contributed by atoms with van der Waals surface area (Å²) in [5, 5.41) is 2.82. The van der Waals surface area contributed by atoms with E-state index in [4.69, 9.17) is 0 Å².